The molecular formula is C8H13NO2. The summed E-state index contributed by atoms with van der Waals surface area (Å²) < 4.78 is 0. The molecule has 0 aromatic carbocycles. The smallest absolute Gasteiger partial charge is 0.104 e. The number of hydrogen-bond acceptors (Lipinski definition) is 3. The number of allylic oxidation sites excluding steroid dienone is 1. The molecule has 0 amide bonds. The van der Waals surface area contributed by atoms with Crippen LogP contribution >= 0.6 is 0 Å². The number of aliphatic hydroxyl groups is 2. The maximum absolute atomic E-state index is 9.32. The first-order chi connectivity index (χ1) is 4.89. The van der Waals surface area contributed by atoms with Crippen LogP contribution in [0, 0.1) is 11.3 Å². The highest BCUT2D eigenvalue weighted by molar-refractivity contribution is 5.17. The lowest BCUT2D eigenvalue weighted by Gasteiger charge is -2.24. The molecule has 62 valence electrons. The van der Waals surface area contributed by atoms with Crippen LogP contribution in [0.15, 0.2) is 11.6 Å². The average Bonchev–Trinajstić information content (AvgIpc) is 1.85. The van der Waals surface area contributed by atoms with E-state index in [4.69, 9.17) is 5.26 Å². The predicted molar refractivity (Wildman–Crippen MR) is 41.7 cm³/mol. The number of nitrogens with zero attached hydrogens (tertiary/aromatic N) is 1. The largest absolute Gasteiger partial charge is 0.387 e. The van der Waals surface area contributed by atoms with E-state index in [0.717, 1.165) is 0 Å². The van der Waals surface area contributed by atoms with Gasteiger partial charge < -0.3 is 10.2 Å². The molecule has 0 radical (unpaired) electrons. The highest BCUT2D eigenvalue weighted by Gasteiger charge is 2.25. The van der Waals surface area contributed by atoms with Gasteiger partial charge in [0, 0.05) is 6.08 Å². The third-order valence-corrected chi connectivity index (χ3v) is 1.39. The summed E-state index contributed by atoms with van der Waals surface area (Å²) in [6.07, 6.45) is 0.255. The molecule has 11 heavy (non-hydrogen) atoms. The topological polar surface area (TPSA) is 64.2 Å². The Morgan fingerprint density at radius 1 is 1.64 bits per heavy atom. The molecule has 0 aromatic heterocycles. The lowest BCUT2D eigenvalue weighted by Crippen LogP contribution is -2.36. The summed E-state index contributed by atoms with van der Waals surface area (Å²) in [6, 6.07) is 1.79. The van der Waals surface area contributed by atoms with Gasteiger partial charge in [-0.1, -0.05) is 0 Å². The van der Waals surface area contributed by atoms with Crippen LogP contribution in [-0.4, -0.2) is 21.9 Å². The van der Waals surface area contributed by atoms with Crippen LogP contribution in [-0.2, 0) is 0 Å². The second-order valence-corrected chi connectivity index (χ2v) is 3.07. The van der Waals surface area contributed by atoms with E-state index >= 15 is 0 Å². The standard InChI is InChI=1S/C8H13NO2/c1-6(4-5-9)7(10)8(2,3)11/h4,7,10-11H,1-3H3/b6-4+. The molecule has 1 unspecified atom stereocenters. The zero-order chi connectivity index (χ0) is 9.07. The van der Waals surface area contributed by atoms with Crippen molar-refractivity contribution in [2.24, 2.45) is 0 Å². The molecule has 0 aromatic rings. The summed E-state index contributed by atoms with van der Waals surface area (Å²) in [5.41, 5.74) is -0.711. The van der Waals surface area contributed by atoms with Gasteiger partial charge in [-0.05, 0) is 26.3 Å². The van der Waals surface area contributed by atoms with E-state index in [2.05, 4.69) is 0 Å². The fourth-order valence-electron chi connectivity index (χ4n) is 0.738. The van der Waals surface area contributed by atoms with E-state index < -0.39 is 11.7 Å². The van der Waals surface area contributed by atoms with Gasteiger partial charge in [0.15, 0.2) is 0 Å². The third kappa shape index (κ3) is 3.17. The number of rotatable bonds is 2. The zero-order valence-electron chi connectivity index (χ0n) is 7.00. The third-order valence-electron chi connectivity index (χ3n) is 1.39. The Kier molecular flexibility index (Phi) is 3.24. The summed E-state index contributed by atoms with van der Waals surface area (Å²) in [5, 5.41) is 26.8. The maximum atomic E-state index is 9.32. The minimum atomic E-state index is -1.18. The van der Waals surface area contributed by atoms with Crippen LogP contribution in [0.1, 0.15) is 20.8 Å². The fourth-order valence-corrected chi connectivity index (χ4v) is 0.738. The van der Waals surface area contributed by atoms with Gasteiger partial charge in [0.25, 0.3) is 0 Å². The van der Waals surface area contributed by atoms with Crippen molar-refractivity contribution in [3.8, 4) is 6.07 Å². The Morgan fingerprint density at radius 2 is 2.09 bits per heavy atom. The number of aliphatic hydroxyl groups excluding tert-OH is 1. The van der Waals surface area contributed by atoms with E-state index in [1.54, 1.807) is 13.0 Å². The van der Waals surface area contributed by atoms with Gasteiger partial charge in [-0.25, -0.2) is 0 Å². The van der Waals surface area contributed by atoms with Gasteiger partial charge in [0.05, 0.1) is 11.7 Å². The maximum Gasteiger partial charge on any atom is 0.104 e. The van der Waals surface area contributed by atoms with E-state index in [9.17, 15) is 10.2 Å². The van der Waals surface area contributed by atoms with E-state index in [0.29, 0.717) is 5.57 Å². The Bertz CT molecular complexity index is 195. The second-order valence-electron chi connectivity index (χ2n) is 3.07. The normalized spacial score (nSPS) is 15.8. The molecule has 0 aliphatic heterocycles. The average molecular weight is 155 g/mol. The Labute approximate surface area is 66.6 Å². The van der Waals surface area contributed by atoms with Crippen LogP contribution in [0.25, 0.3) is 0 Å². The molecule has 0 aliphatic carbocycles. The Hall–Kier alpha value is -0.850. The molecule has 0 fully saturated rings. The van der Waals surface area contributed by atoms with Crippen molar-refractivity contribution in [3.05, 3.63) is 11.6 Å². The highest BCUT2D eigenvalue weighted by Crippen LogP contribution is 2.15. The first-order valence-electron chi connectivity index (χ1n) is 3.36. The monoisotopic (exact) mass is 155 g/mol. The molecule has 1 atom stereocenters. The minimum absolute atomic E-state index is 0.472. The molecule has 0 saturated carbocycles. The van der Waals surface area contributed by atoms with Gasteiger partial charge >= 0.3 is 0 Å². The minimum Gasteiger partial charge on any atom is -0.387 e. The van der Waals surface area contributed by atoms with Gasteiger partial charge in [-0.3, -0.25) is 0 Å². The highest BCUT2D eigenvalue weighted by atomic mass is 16.3. The van der Waals surface area contributed by atoms with Crippen LogP contribution < -0.4 is 0 Å². The Balaban J connectivity index is 4.40. The van der Waals surface area contributed by atoms with Gasteiger partial charge in [-0.2, -0.15) is 5.26 Å². The molecule has 3 nitrogen and oxygen atoms in total. The quantitative estimate of drug-likeness (QED) is 0.573. The van der Waals surface area contributed by atoms with Crippen molar-refractivity contribution in [1.82, 2.24) is 0 Å². The molecule has 0 saturated heterocycles. The molecule has 0 aliphatic rings. The molecule has 3 heteroatoms. The first-order valence-corrected chi connectivity index (χ1v) is 3.36. The zero-order valence-corrected chi connectivity index (χ0v) is 7.00. The fraction of sp³-hybridized carbons (Fsp3) is 0.625. The summed E-state index contributed by atoms with van der Waals surface area (Å²) in [4.78, 5) is 0. The molecule has 0 rings (SSSR count). The number of nitriles is 1. The summed E-state index contributed by atoms with van der Waals surface area (Å²) >= 11 is 0. The van der Waals surface area contributed by atoms with Gasteiger partial charge in [-0.15, -0.1) is 0 Å². The van der Waals surface area contributed by atoms with Crippen molar-refractivity contribution in [1.29, 1.82) is 5.26 Å². The van der Waals surface area contributed by atoms with Crippen molar-refractivity contribution in [2.75, 3.05) is 0 Å². The van der Waals surface area contributed by atoms with Crippen LogP contribution in [0.4, 0.5) is 0 Å². The molecule has 0 heterocycles. The van der Waals surface area contributed by atoms with E-state index in [1.165, 1.54) is 19.9 Å². The number of hydrogen-bond donors (Lipinski definition) is 2. The van der Waals surface area contributed by atoms with Gasteiger partial charge in [0.1, 0.15) is 6.10 Å². The van der Waals surface area contributed by atoms with Crippen LogP contribution in [0.2, 0.25) is 0 Å². The van der Waals surface area contributed by atoms with Crippen LogP contribution in [0.3, 0.4) is 0 Å². The summed E-state index contributed by atoms with van der Waals surface area (Å²) in [5.74, 6) is 0. The lowest BCUT2D eigenvalue weighted by atomic mass is 9.96. The Morgan fingerprint density at radius 3 is 2.36 bits per heavy atom. The summed E-state index contributed by atoms with van der Waals surface area (Å²) in [6.45, 7) is 4.59. The van der Waals surface area contributed by atoms with Crippen molar-refractivity contribution in [3.63, 3.8) is 0 Å². The molecule has 2 N–H and O–H groups in total. The van der Waals surface area contributed by atoms with E-state index in [-0.39, 0.29) is 0 Å². The van der Waals surface area contributed by atoms with Crippen molar-refractivity contribution < 1.29 is 10.2 Å². The van der Waals surface area contributed by atoms with Crippen molar-refractivity contribution >= 4 is 0 Å². The molecular weight excluding hydrogens is 142 g/mol. The molecule has 0 spiro atoms. The van der Waals surface area contributed by atoms with Crippen LogP contribution in [0.5, 0.6) is 0 Å². The second kappa shape index (κ2) is 3.51. The van der Waals surface area contributed by atoms with E-state index in [1.807, 2.05) is 0 Å². The first kappa shape index (κ1) is 10.2. The molecule has 0 bridgehead atoms. The summed E-state index contributed by atoms with van der Waals surface area (Å²) in [7, 11) is 0. The SMILES string of the molecule is C/C(=C\C#N)C(O)C(C)(C)O. The van der Waals surface area contributed by atoms with Gasteiger partial charge in [0.2, 0.25) is 0 Å². The lowest BCUT2D eigenvalue weighted by molar-refractivity contribution is -0.0282. The predicted octanol–water partition coefficient (Wildman–Crippen LogP) is 0.588. The van der Waals surface area contributed by atoms with Crippen molar-refractivity contribution in [2.45, 2.75) is 32.5 Å².